The maximum absolute atomic E-state index is 5.43. The van der Waals surface area contributed by atoms with E-state index in [-0.39, 0.29) is 0 Å². The Labute approximate surface area is 127 Å². The lowest BCUT2D eigenvalue weighted by atomic mass is 10.2. The molecule has 1 aliphatic heterocycles. The third kappa shape index (κ3) is 3.09. The van der Waals surface area contributed by atoms with Crippen LogP contribution in [-0.4, -0.2) is 32.1 Å². The number of H-pyrrole nitrogens is 1. The van der Waals surface area contributed by atoms with Gasteiger partial charge in [-0.1, -0.05) is 30.3 Å². The van der Waals surface area contributed by atoms with Crippen LogP contribution in [0.1, 0.15) is 0 Å². The molecule has 1 aromatic heterocycles. The van der Waals surface area contributed by atoms with Crippen LogP contribution >= 0.6 is 35.7 Å². The van der Waals surface area contributed by atoms with Crippen molar-refractivity contribution in [3.63, 3.8) is 0 Å². The summed E-state index contributed by atoms with van der Waals surface area (Å²) in [5.74, 6) is 3.77. The maximum atomic E-state index is 5.43. The molecule has 2 aromatic rings. The highest BCUT2D eigenvalue weighted by molar-refractivity contribution is 8.06. The fourth-order valence-corrected chi connectivity index (χ4v) is 5.15. The average Bonchev–Trinajstić information content (AvgIpc) is 2.82. The molecule has 1 atom stereocenters. The number of rotatable bonds is 3. The molecule has 0 spiro atoms. The second-order valence-electron chi connectivity index (χ2n) is 4.52. The lowest BCUT2D eigenvalue weighted by Crippen LogP contribution is -2.20. The fraction of sp³-hybridized carbons (Fsp3) is 0.357. The van der Waals surface area contributed by atoms with E-state index in [4.69, 9.17) is 12.2 Å². The molecule has 100 valence electrons. The van der Waals surface area contributed by atoms with Crippen molar-refractivity contribution in [3.05, 3.63) is 41.3 Å². The summed E-state index contributed by atoms with van der Waals surface area (Å²) in [6, 6.07) is 10.5. The molecule has 3 rings (SSSR count). The first-order valence-corrected chi connectivity index (χ1v) is 8.99. The van der Waals surface area contributed by atoms with Crippen molar-refractivity contribution in [3.8, 4) is 11.3 Å². The zero-order valence-electron chi connectivity index (χ0n) is 10.5. The van der Waals surface area contributed by atoms with Crippen LogP contribution in [0.2, 0.25) is 0 Å². The first-order valence-electron chi connectivity index (χ1n) is 6.37. The largest absolute Gasteiger partial charge is 0.337 e. The summed E-state index contributed by atoms with van der Waals surface area (Å²) in [4.78, 5) is 3.19. The smallest absolute Gasteiger partial charge is 0.177 e. The number of nitrogens with zero attached hydrogens (tertiary/aromatic N) is 1. The van der Waals surface area contributed by atoms with Crippen molar-refractivity contribution in [1.82, 2.24) is 9.55 Å². The fourth-order valence-electron chi connectivity index (χ4n) is 2.27. The monoisotopic (exact) mass is 308 g/mol. The van der Waals surface area contributed by atoms with E-state index >= 15 is 0 Å². The minimum Gasteiger partial charge on any atom is -0.337 e. The molecular weight excluding hydrogens is 292 g/mol. The van der Waals surface area contributed by atoms with Gasteiger partial charge in [0.05, 0.1) is 5.69 Å². The van der Waals surface area contributed by atoms with Gasteiger partial charge in [-0.05, 0) is 17.8 Å². The van der Waals surface area contributed by atoms with Crippen LogP contribution < -0.4 is 0 Å². The van der Waals surface area contributed by atoms with Crippen LogP contribution in [0, 0.1) is 4.77 Å². The molecule has 1 aliphatic rings. The van der Waals surface area contributed by atoms with Gasteiger partial charge in [0.1, 0.15) is 0 Å². The zero-order valence-corrected chi connectivity index (χ0v) is 13.0. The maximum Gasteiger partial charge on any atom is 0.177 e. The van der Waals surface area contributed by atoms with Crippen molar-refractivity contribution >= 4 is 35.7 Å². The first-order chi connectivity index (χ1) is 9.34. The second kappa shape index (κ2) is 6.20. The van der Waals surface area contributed by atoms with E-state index in [1.54, 1.807) is 0 Å². The summed E-state index contributed by atoms with van der Waals surface area (Å²) in [6.45, 7) is 1.00. The molecule has 2 nitrogen and oxygen atoms in total. The number of hydrogen-bond acceptors (Lipinski definition) is 3. The van der Waals surface area contributed by atoms with Crippen LogP contribution in [0.15, 0.2) is 36.5 Å². The van der Waals surface area contributed by atoms with Crippen LogP contribution in [0.4, 0.5) is 0 Å². The van der Waals surface area contributed by atoms with Gasteiger partial charge in [-0.15, -0.1) is 0 Å². The van der Waals surface area contributed by atoms with Crippen molar-refractivity contribution < 1.29 is 0 Å². The predicted molar refractivity (Wildman–Crippen MR) is 88.6 cm³/mol. The van der Waals surface area contributed by atoms with Crippen molar-refractivity contribution in [1.29, 1.82) is 0 Å². The first kappa shape index (κ1) is 13.3. The summed E-state index contributed by atoms with van der Waals surface area (Å²) in [5.41, 5.74) is 2.42. The zero-order chi connectivity index (χ0) is 13.1. The van der Waals surface area contributed by atoms with E-state index in [0.717, 1.165) is 11.3 Å². The number of thioether (sulfide) groups is 2. The van der Waals surface area contributed by atoms with E-state index < -0.39 is 0 Å². The van der Waals surface area contributed by atoms with Gasteiger partial charge in [0.25, 0.3) is 0 Å². The van der Waals surface area contributed by atoms with Gasteiger partial charge in [0.2, 0.25) is 0 Å². The molecule has 1 saturated heterocycles. The quantitative estimate of drug-likeness (QED) is 0.864. The molecule has 0 bridgehead atoms. The van der Waals surface area contributed by atoms with E-state index in [1.165, 1.54) is 28.5 Å². The summed E-state index contributed by atoms with van der Waals surface area (Å²) in [5, 5.41) is 0.670. The number of benzene rings is 1. The summed E-state index contributed by atoms with van der Waals surface area (Å²) < 4.78 is 3.07. The molecule has 1 fully saturated rings. The highest BCUT2D eigenvalue weighted by Gasteiger charge is 2.17. The molecule has 1 aromatic carbocycles. The molecule has 19 heavy (non-hydrogen) atoms. The van der Waals surface area contributed by atoms with Gasteiger partial charge in [-0.2, -0.15) is 23.5 Å². The second-order valence-corrected chi connectivity index (χ2v) is 7.47. The minimum absolute atomic E-state index is 0.670. The number of nitrogens with one attached hydrogen (secondary N) is 1. The molecule has 0 aliphatic carbocycles. The lowest BCUT2D eigenvalue weighted by Gasteiger charge is -2.22. The van der Waals surface area contributed by atoms with Crippen LogP contribution in [-0.2, 0) is 6.54 Å². The predicted octanol–water partition coefficient (Wildman–Crippen LogP) is 4.06. The Kier molecular flexibility index (Phi) is 4.35. The van der Waals surface area contributed by atoms with Gasteiger partial charge in [-0.25, -0.2) is 0 Å². The highest BCUT2D eigenvalue weighted by Crippen LogP contribution is 2.27. The van der Waals surface area contributed by atoms with E-state index in [1.807, 2.05) is 12.3 Å². The van der Waals surface area contributed by atoms with Crippen LogP contribution in [0.5, 0.6) is 0 Å². The van der Waals surface area contributed by atoms with E-state index in [2.05, 4.69) is 57.3 Å². The molecule has 2 heterocycles. The van der Waals surface area contributed by atoms with Crippen LogP contribution in [0.25, 0.3) is 11.3 Å². The Morgan fingerprint density at radius 2 is 2.11 bits per heavy atom. The van der Waals surface area contributed by atoms with Gasteiger partial charge in [0.15, 0.2) is 4.77 Å². The molecular formula is C14H16N2S3. The Morgan fingerprint density at radius 3 is 2.84 bits per heavy atom. The summed E-state index contributed by atoms with van der Waals surface area (Å²) in [7, 11) is 0. The Hall–Kier alpha value is -0.650. The Morgan fingerprint density at radius 1 is 1.26 bits per heavy atom. The van der Waals surface area contributed by atoms with E-state index in [9.17, 15) is 0 Å². The lowest BCUT2D eigenvalue weighted by molar-refractivity contribution is 0.691. The average molecular weight is 308 g/mol. The number of hydrogen-bond donors (Lipinski definition) is 1. The highest BCUT2D eigenvalue weighted by atomic mass is 32.2. The Bertz CT molecular complexity index is 582. The summed E-state index contributed by atoms with van der Waals surface area (Å²) in [6.07, 6.45) is 2.03. The number of imidazole rings is 1. The van der Waals surface area contributed by atoms with Gasteiger partial charge in [0, 0.05) is 35.3 Å². The molecule has 0 radical (unpaired) electrons. The standard InChI is InChI=1S/C14H16N2S3/c17-14-15-8-13(11-4-2-1-3-5-11)16(14)9-12-10-18-6-7-19-12/h1-5,8,12H,6-7,9-10H2,(H,15,17). The molecule has 1 N–H and O–H groups in total. The third-order valence-electron chi connectivity index (χ3n) is 3.21. The number of aromatic nitrogens is 2. The third-order valence-corrected chi connectivity index (χ3v) is 6.37. The minimum atomic E-state index is 0.670. The van der Waals surface area contributed by atoms with Gasteiger partial charge >= 0.3 is 0 Å². The van der Waals surface area contributed by atoms with Gasteiger partial charge < -0.3 is 9.55 Å². The van der Waals surface area contributed by atoms with Crippen molar-refractivity contribution in [2.75, 3.05) is 17.3 Å². The molecule has 0 amide bonds. The normalized spacial score (nSPS) is 19.5. The van der Waals surface area contributed by atoms with Crippen molar-refractivity contribution in [2.24, 2.45) is 0 Å². The van der Waals surface area contributed by atoms with Crippen LogP contribution in [0.3, 0.4) is 0 Å². The number of aromatic amines is 1. The molecule has 1 unspecified atom stereocenters. The molecule has 5 heteroatoms. The van der Waals surface area contributed by atoms with Gasteiger partial charge in [-0.3, -0.25) is 0 Å². The van der Waals surface area contributed by atoms with E-state index in [0.29, 0.717) is 5.25 Å². The van der Waals surface area contributed by atoms with Crippen molar-refractivity contribution in [2.45, 2.75) is 11.8 Å². The SMILES string of the molecule is S=c1[nH]cc(-c2ccccc2)n1CC1CSCCS1. The Balaban J connectivity index is 1.88. The topological polar surface area (TPSA) is 20.7 Å². The summed E-state index contributed by atoms with van der Waals surface area (Å²) >= 11 is 9.56. The molecule has 0 saturated carbocycles.